The Morgan fingerprint density at radius 1 is 1.33 bits per heavy atom. The van der Waals surface area contributed by atoms with E-state index in [4.69, 9.17) is 31.3 Å². The fourth-order valence-electron chi connectivity index (χ4n) is 1.87. The fraction of sp³-hybridized carbons (Fsp3) is 0.118. The van der Waals surface area contributed by atoms with Crippen molar-refractivity contribution in [3.8, 4) is 12.1 Å². The van der Waals surface area contributed by atoms with Crippen molar-refractivity contribution < 1.29 is 13.9 Å². The number of carbonyl (C=O) groups excluding carboxylic acids is 1. The first-order chi connectivity index (χ1) is 11.6. The molecule has 0 unspecified atom stereocenters. The Morgan fingerprint density at radius 3 is 2.58 bits per heavy atom. The molecule has 120 valence electrons. The van der Waals surface area contributed by atoms with Gasteiger partial charge >= 0.3 is 5.97 Å². The van der Waals surface area contributed by atoms with Crippen LogP contribution in [0.1, 0.15) is 23.0 Å². The quantitative estimate of drug-likeness (QED) is 0.643. The zero-order chi connectivity index (χ0) is 17.5. The van der Waals surface area contributed by atoms with Gasteiger partial charge in [0.15, 0.2) is 5.76 Å². The lowest BCUT2D eigenvalue weighted by Crippen LogP contribution is -2.06. The van der Waals surface area contributed by atoms with Crippen LogP contribution in [0.4, 0.5) is 11.6 Å². The third-order valence-electron chi connectivity index (χ3n) is 2.90. The van der Waals surface area contributed by atoms with E-state index in [-0.39, 0.29) is 34.4 Å². The van der Waals surface area contributed by atoms with Crippen LogP contribution >= 0.6 is 11.6 Å². The van der Waals surface area contributed by atoms with Crippen LogP contribution in [0.3, 0.4) is 0 Å². The van der Waals surface area contributed by atoms with Crippen LogP contribution in [0.15, 0.2) is 40.3 Å². The number of halogens is 1. The summed E-state index contributed by atoms with van der Waals surface area (Å²) in [7, 11) is 0. The van der Waals surface area contributed by atoms with Crippen molar-refractivity contribution in [3.05, 3.63) is 52.3 Å². The van der Waals surface area contributed by atoms with Gasteiger partial charge in [-0.15, -0.1) is 0 Å². The second kappa shape index (κ2) is 7.87. The molecule has 0 radical (unpaired) electrons. The monoisotopic (exact) mass is 341 g/mol. The molecule has 2 rings (SSSR count). The molecule has 0 aliphatic carbocycles. The zero-order valence-electron chi connectivity index (χ0n) is 12.7. The predicted molar refractivity (Wildman–Crippen MR) is 88.6 cm³/mol. The fourth-order valence-corrected chi connectivity index (χ4v) is 2.12. The number of benzene rings is 1. The minimum Gasteiger partial charge on any atom is -0.462 e. The Hall–Kier alpha value is -3.22. The third kappa shape index (κ3) is 3.75. The number of anilines is 2. The molecule has 1 aromatic carbocycles. The Morgan fingerprint density at radius 2 is 2.00 bits per heavy atom. The van der Waals surface area contributed by atoms with Crippen molar-refractivity contribution in [2.24, 2.45) is 0 Å². The van der Waals surface area contributed by atoms with Gasteiger partial charge in [-0.05, 0) is 19.1 Å². The highest BCUT2D eigenvalue weighted by molar-refractivity contribution is 6.35. The number of nitrogens with zero attached hydrogens (tertiary/aromatic N) is 2. The molecule has 0 aliphatic heterocycles. The second-order valence-corrected chi connectivity index (χ2v) is 4.86. The van der Waals surface area contributed by atoms with Gasteiger partial charge in [0.2, 0.25) is 5.88 Å². The van der Waals surface area contributed by atoms with Crippen LogP contribution in [0, 0.1) is 22.7 Å². The van der Waals surface area contributed by atoms with E-state index in [2.05, 4.69) is 5.32 Å². The number of furan rings is 1. The number of rotatable bonds is 5. The van der Waals surface area contributed by atoms with Crippen LogP contribution in [-0.2, 0) is 4.74 Å². The van der Waals surface area contributed by atoms with E-state index < -0.39 is 5.97 Å². The number of allylic oxidation sites excluding steroid dienone is 1. The van der Waals surface area contributed by atoms with Gasteiger partial charge in [-0.25, -0.2) is 4.79 Å². The molecule has 0 amide bonds. The maximum absolute atomic E-state index is 12.2. The van der Waals surface area contributed by atoms with Gasteiger partial charge in [0.25, 0.3) is 0 Å². The average Bonchev–Trinajstić information content (AvgIpc) is 2.89. The van der Waals surface area contributed by atoms with E-state index in [1.54, 1.807) is 43.3 Å². The van der Waals surface area contributed by atoms with Crippen molar-refractivity contribution in [3.63, 3.8) is 0 Å². The summed E-state index contributed by atoms with van der Waals surface area (Å²) >= 11 is 6.19. The summed E-state index contributed by atoms with van der Waals surface area (Å²) in [4.78, 5) is 12.2. The van der Waals surface area contributed by atoms with E-state index in [9.17, 15) is 4.79 Å². The first kappa shape index (κ1) is 17.1. The summed E-state index contributed by atoms with van der Waals surface area (Å²) in [6.45, 7) is 1.83. The van der Waals surface area contributed by atoms with Gasteiger partial charge in [0.05, 0.1) is 6.61 Å². The van der Waals surface area contributed by atoms with Gasteiger partial charge in [0, 0.05) is 11.8 Å². The normalized spacial score (nSPS) is 9.50. The predicted octanol–water partition coefficient (Wildman–Crippen LogP) is 4.28. The van der Waals surface area contributed by atoms with E-state index in [1.807, 2.05) is 6.07 Å². The van der Waals surface area contributed by atoms with Crippen molar-refractivity contribution in [2.75, 3.05) is 11.9 Å². The molecule has 1 N–H and O–H groups in total. The minimum absolute atomic E-state index is 0.00356. The highest BCUT2D eigenvalue weighted by Gasteiger charge is 2.25. The summed E-state index contributed by atoms with van der Waals surface area (Å²) in [5.74, 6) is -0.567. The lowest BCUT2D eigenvalue weighted by atomic mass is 10.2. The van der Waals surface area contributed by atoms with Crippen molar-refractivity contribution in [1.82, 2.24) is 0 Å². The largest absolute Gasteiger partial charge is 0.462 e. The standard InChI is InChI=1S/C17H12ClN3O3/c1-2-23-17(22)14-15(18)13(8-11(9-19)10-20)24-16(14)21-12-6-4-3-5-7-12/h3-8,21H,2H2,1H3. The summed E-state index contributed by atoms with van der Waals surface area (Å²) in [6, 6.07) is 12.4. The molecule has 0 fully saturated rings. The minimum atomic E-state index is -0.667. The van der Waals surface area contributed by atoms with Crippen molar-refractivity contribution >= 4 is 35.2 Å². The van der Waals surface area contributed by atoms with Crippen molar-refractivity contribution in [1.29, 1.82) is 10.5 Å². The molecule has 0 aliphatic rings. The summed E-state index contributed by atoms with van der Waals surface area (Å²) in [5, 5.41) is 20.6. The molecule has 1 aromatic heterocycles. The summed E-state index contributed by atoms with van der Waals surface area (Å²) < 4.78 is 10.5. The topological polar surface area (TPSA) is 99.0 Å². The molecule has 24 heavy (non-hydrogen) atoms. The Kier molecular flexibility index (Phi) is 5.62. The number of carbonyl (C=O) groups is 1. The number of nitriles is 2. The van der Waals surface area contributed by atoms with Gasteiger partial charge in [-0.1, -0.05) is 29.8 Å². The average molecular weight is 342 g/mol. The molecule has 0 saturated heterocycles. The van der Waals surface area contributed by atoms with Gasteiger partial charge in [-0.2, -0.15) is 10.5 Å². The lowest BCUT2D eigenvalue weighted by molar-refractivity contribution is 0.0527. The highest BCUT2D eigenvalue weighted by Crippen LogP contribution is 2.35. The smallest absolute Gasteiger partial charge is 0.345 e. The molecule has 1 heterocycles. The van der Waals surface area contributed by atoms with Gasteiger partial charge < -0.3 is 14.5 Å². The molecule has 0 atom stereocenters. The first-order valence-electron chi connectivity index (χ1n) is 6.94. The number of hydrogen-bond acceptors (Lipinski definition) is 6. The van der Waals surface area contributed by atoms with Gasteiger partial charge in [0.1, 0.15) is 28.3 Å². The third-order valence-corrected chi connectivity index (χ3v) is 3.28. The van der Waals surface area contributed by atoms with E-state index in [1.165, 1.54) is 6.08 Å². The SMILES string of the molecule is CCOC(=O)c1c(Nc2ccccc2)oc(C=C(C#N)C#N)c1Cl. The van der Waals surface area contributed by atoms with Crippen LogP contribution in [0.2, 0.25) is 5.02 Å². The molecule has 0 bridgehead atoms. The van der Waals surface area contributed by atoms with E-state index in [0.29, 0.717) is 5.69 Å². The first-order valence-corrected chi connectivity index (χ1v) is 7.31. The molecule has 0 saturated carbocycles. The Labute approximate surface area is 143 Å². The zero-order valence-corrected chi connectivity index (χ0v) is 13.4. The van der Waals surface area contributed by atoms with E-state index in [0.717, 1.165) is 0 Å². The number of ether oxygens (including phenoxy) is 1. The molecule has 7 heteroatoms. The molecular formula is C17H12ClN3O3. The number of hydrogen-bond donors (Lipinski definition) is 1. The Bertz CT molecular complexity index is 842. The number of esters is 1. The molecular weight excluding hydrogens is 330 g/mol. The summed E-state index contributed by atoms with van der Waals surface area (Å²) in [6.07, 6.45) is 1.17. The highest BCUT2D eigenvalue weighted by atomic mass is 35.5. The summed E-state index contributed by atoms with van der Waals surface area (Å²) in [5.41, 5.74) is 0.473. The van der Waals surface area contributed by atoms with Gasteiger partial charge in [-0.3, -0.25) is 0 Å². The van der Waals surface area contributed by atoms with Crippen LogP contribution in [0.5, 0.6) is 0 Å². The lowest BCUT2D eigenvalue weighted by Gasteiger charge is -2.05. The number of nitrogens with one attached hydrogen (secondary N) is 1. The molecule has 2 aromatic rings. The molecule has 6 nitrogen and oxygen atoms in total. The van der Waals surface area contributed by atoms with Crippen LogP contribution in [0.25, 0.3) is 6.08 Å². The van der Waals surface area contributed by atoms with Crippen molar-refractivity contribution in [2.45, 2.75) is 6.92 Å². The van der Waals surface area contributed by atoms with E-state index >= 15 is 0 Å². The molecule has 0 spiro atoms. The Balaban J connectivity index is 2.52. The second-order valence-electron chi connectivity index (χ2n) is 4.48. The van der Waals surface area contributed by atoms with Crippen LogP contribution < -0.4 is 5.32 Å². The maximum atomic E-state index is 12.2. The van der Waals surface area contributed by atoms with Crippen LogP contribution in [-0.4, -0.2) is 12.6 Å². The maximum Gasteiger partial charge on any atom is 0.345 e. The number of para-hydroxylation sites is 1.